The number of aromatic nitrogens is 1. The number of nitrogens with zero attached hydrogens (tertiary/aromatic N) is 2. The topological polar surface area (TPSA) is 45.8 Å². The highest BCUT2D eigenvalue weighted by Crippen LogP contribution is 2.37. The van der Waals surface area contributed by atoms with Gasteiger partial charge in [-0.3, -0.25) is 4.79 Å². The highest BCUT2D eigenvalue weighted by atomic mass is 127. The first-order valence-electron chi connectivity index (χ1n) is 9.66. The van der Waals surface area contributed by atoms with E-state index in [0.29, 0.717) is 11.6 Å². The first-order chi connectivity index (χ1) is 14.5. The van der Waals surface area contributed by atoms with Crippen molar-refractivity contribution < 1.29 is 0 Å². The minimum atomic E-state index is -0.365. The average molecular weight is 523 g/mol. The third-order valence-electron chi connectivity index (χ3n) is 5.71. The molecule has 3 nitrogen and oxygen atoms in total. The van der Waals surface area contributed by atoms with Crippen LogP contribution in [0.4, 0.5) is 0 Å². The fraction of sp³-hybridized carbons (Fsp3) is 0.120. The molecule has 2 heterocycles. The van der Waals surface area contributed by atoms with Crippen molar-refractivity contribution in [2.24, 2.45) is 0 Å². The maximum atomic E-state index is 12.8. The molecule has 1 unspecified atom stereocenters. The molecular weight excluding hydrogens is 507 g/mol. The van der Waals surface area contributed by atoms with E-state index in [0.717, 1.165) is 48.7 Å². The third kappa shape index (κ3) is 3.23. The fourth-order valence-electron chi connectivity index (χ4n) is 4.34. The summed E-state index contributed by atoms with van der Waals surface area (Å²) in [6, 6.07) is 24.0. The molecule has 0 bridgehead atoms. The molecular formula is C25H16ClIN2O. The van der Waals surface area contributed by atoms with E-state index in [1.54, 1.807) is 6.07 Å². The van der Waals surface area contributed by atoms with Crippen LogP contribution < -0.4 is 5.56 Å². The van der Waals surface area contributed by atoms with E-state index in [1.165, 1.54) is 0 Å². The lowest BCUT2D eigenvalue weighted by molar-refractivity contribution is 0.742. The minimum absolute atomic E-state index is 0.00144. The molecule has 0 N–H and O–H groups in total. The number of hydrogen-bond acceptors (Lipinski definition) is 2. The lowest BCUT2D eigenvalue weighted by Crippen LogP contribution is -2.17. The van der Waals surface area contributed by atoms with Crippen molar-refractivity contribution in [3.63, 3.8) is 0 Å². The molecule has 1 atom stereocenters. The summed E-state index contributed by atoms with van der Waals surface area (Å²) in [5.41, 5.74) is 5.78. The zero-order chi connectivity index (χ0) is 20.8. The number of benzene rings is 3. The van der Waals surface area contributed by atoms with Gasteiger partial charge in [0.15, 0.2) is 0 Å². The van der Waals surface area contributed by atoms with Gasteiger partial charge in [-0.15, -0.1) is 0 Å². The minimum Gasteiger partial charge on any atom is -0.308 e. The monoisotopic (exact) mass is 522 g/mol. The van der Waals surface area contributed by atoms with Gasteiger partial charge < -0.3 is 4.57 Å². The highest BCUT2D eigenvalue weighted by Gasteiger charge is 2.23. The Morgan fingerprint density at radius 2 is 1.83 bits per heavy atom. The third-order valence-corrected chi connectivity index (χ3v) is 6.67. The first kappa shape index (κ1) is 19.3. The first-order valence-corrected chi connectivity index (χ1v) is 11.1. The van der Waals surface area contributed by atoms with E-state index in [-0.39, 0.29) is 11.5 Å². The summed E-state index contributed by atoms with van der Waals surface area (Å²) in [7, 11) is 0. The molecule has 0 fully saturated rings. The Kier molecular flexibility index (Phi) is 4.88. The molecule has 5 rings (SSSR count). The summed E-state index contributed by atoms with van der Waals surface area (Å²) in [5, 5.41) is 11.6. The van der Waals surface area contributed by atoms with Crippen LogP contribution in [0.5, 0.6) is 0 Å². The summed E-state index contributed by atoms with van der Waals surface area (Å²) in [6.07, 6.45) is 0.795. The van der Waals surface area contributed by atoms with Crippen LogP contribution in [0.15, 0.2) is 71.5 Å². The van der Waals surface area contributed by atoms with E-state index in [4.69, 9.17) is 11.6 Å². The van der Waals surface area contributed by atoms with Crippen LogP contribution in [0, 0.1) is 14.9 Å². The van der Waals surface area contributed by atoms with Crippen molar-refractivity contribution in [3.05, 3.63) is 102 Å². The van der Waals surface area contributed by atoms with Crippen molar-refractivity contribution in [2.75, 3.05) is 0 Å². The van der Waals surface area contributed by atoms with Crippen molar-refractivity contribution in [1.29, 1.82) is 5.26 Å². The van der Waals surface area contributed by atoms with Crippen LogP contribution in [-0.4, -0.2) is 4.57 Å². The van der Waals surface area contributed by atoms with Gasteiger partial charge >= 0.3 is 0 Å². The van der Waals surface area contributed by atoms with E-state index >= 15 is 0 Å². The maximum Gasteiger partial charge on any atom is 0.251 e. The Morgan fingerprint density at radius 3 is 2.57 bits per heavy atom. The molecule has 0 radical (unpaired) electrons. The van der Waals surface area contributed by atoms with Gasteiger partial charge in [0.2, 0.25) is 0 Å². The smallest absolute Gasteiger partial charge is 0.251 e. The van der Waals surface area contributed by atoms with Crippen LogP contribution in [-0.2, 0) is 13.0 Å². The Morgan fingerprint density at radius 1 is 1.03 bits per heavy atom. The molecule has 146 valence electrons. The van der Waals surface area contributed by atoms with Crippen LogP contribution in [0.3, 0.4) is 0 Å². The number of halogens is 2. The molecule has 5 heteroatoms. The normalized spacial score (nSPS) is 13.4. The van der Waals surface area contributed by atoms with Crippen molar-refractivity contribution >= 4 is 45.1 Å². The van der Waals surface area contributed by atoms with E-state index in [2.05, 4.69) is 40.8 Å². The van der Waals surface area contributed by atoms with Crippen LogP contribution in [0.25, 0.3) is 22.0 Å². The Labute approximate surface area is 192 Å². The molecule has 4 aromatic rings. The predicted octanol–water partition coefficient (Wildman–Crippen LogP) is 6.14. The van der Waals surface area contributed by atoms with E-state index < -0.39 is 0 Å². The summed E-state index contributed by atoms with van der Waals surface area (Å²) in [4.78, 5) is 12.8. The second-order valence-corrected chi connectivity index (χ2v) is 9.18. The number of pyridine rings is 1. The lowest BCUT2D eigenvalue weighted by Gasteiger charge is -2.15. The summed E-state index contributed by atoms with van der Waals surface area (Å²) < 4.78 is 2.98. The fourth-order valence-corrected chi connectivity index (χ4v) is 4.89. The predicted molar refractivity (Wildman–Crippen MR) is 129 cm³/mol. The van der Waals surface area contributed by atoms with E-state index in [1.807, 2.05) is 53.1 Å². The van der Waals surface area contributed by atoms with Crippen molar-refractivity contribution in [3.8, 4) is 17.2 Å². The van der Waals surface area contributed by atoms with Crippen LogP contribution in [0.1, 0.15) is 22.6 Å². The number of rotatable bonds is 3. The largest absolute Gasteiger partial charge is 0.308 e. The molecule has 30 heavy (non-hydrogen) atoms. The Balaban J connectivity index is 1.78. The van der Waals surface area contributed by atoms with Crippen molar-refractivity contribution in [1.82, 2.24) is 4.57 Å². The molecule has 0 spiro atoms. The standard InChI is InChI=1S/C25H16ClIN2O/c26-19-3-1-2-16(11-19)21-13-24(30)29-9-8-17-10-18(12-22(21)25(17)29)23(14-28)15-4-6-20(27)7-5-15/h1-7,10-13,23H,8-9H2. The SMILES string of the molecule is N#CC(c1ccc(I)cc1)c1cc2c3c(c1)c(-c1cccc(Cl)c1)cc(=O)n3CC2. The molecule has 1 aliphatic heterocycles. The van der Waals surface area contributed by atoms with Gasteiger partial charge in [-0.25, -0.2) is 0 Å². The van der Waals surface area contributed by atoms with Gasteiger partial charge in [-0.05, 0) is 87.2 Å². The van der Waals surface area contributed by atoms with Crippen LogP contribution in [0.2, 0.25) is 5.02 Å². The van der Waals surface area contributed by atoms with Gasteiger partial charge in [0.25, 0.3) is 5.56 Å². The molecule has 0 amide bonds. The van der Waals surface area contributed by atoms with Gasteiger partial charge in [-0.1, -0.05) is 41.9 Å². The highest BCUT2D eigenvalue weighted by molar-refractivity contribution is 14.1. The summed E-state index contributed by atoms with van der Waals surface area (Å²) >= 11 is 8.50. The maximum absolute atomic E-state index is 12.8. The molecule has 1 aromatic heterocycles. The van der Waals surface area contributed by atoms with E-state index in [9.17, 15) is 10.1 Å². The second-order valence-electron chi connectivity index (χ2n) is 7.50. The molecule has 1 aliphatic rings. The number of nitriles is 1. The Hall–Kier alpha value is -2.62. The number of aryl methyl sites for hydroxylation is 2. The van der Waals surface area contributed by atoms with Gasteiger partial charge in [0.05, 0.1) is 17.5 Å². The quantitative estimate of drug-likeness (QED) is 0.304. The summed E-state index contributed by atoms with van der Waals surface area (Å²) in [5.74, 6) is -0.365. The van der Waals surface area contributed by atoms with Gasteiger partial charge in [0.1, 0.15) is 0 Å². The zero-order valence-corrected chi connectivity index (χ0v) is 18.8. The molecule has 3 aromatic carbocycles. The van der Waals surface area contributed by atoms with Gasteiger partial charge in [0, 0.05) is 26.6 Å². The second kappa shape index (κ2) is 7.57. The average Bonchev–Trinajstić information content (AvgIpc) is 3.18. The van der Waals surface area contributed by atoms with Gasteiger partial charge in [-0.2, -0.15) is 5.26 Å². The molecule has 0 aliphatic carbocycles. The molecule has 0 saturated carbocycles. The Bertz CT molecular complexity index is 1400. The zero-order valence-electron chi connectivity index (χ0n) is 15.9. The molecule has 0 saturated heterocycles. The lowest BCUT2D eigenvalue weighted by atomic mass is 9.88. The summed E-state index contributed by atoms with van der Waals surface area (Å²) in [6.45, 7) is 0.671. The van der Waals surface area contributed by atoms with Crippen molar-refractivity contribution in [2.45, 2.75) is 18.9 Å². The van der Waals surface area contributed by atoms with Crippen LogP contribution >= 0.6 is 34.2 Å². The number of hydrogen-bond donors (Lipinski definition) is 0.